The van der Waals surface area contributed by atoms with Crippen LogP contribution < -0.4 is 8.70 Å². The maximum atomic E-state index is 12.1. The first-order valence-electron chi connectivity index (χ1n) is 5.40. The first-order valence-corrected chi connectivity index (χ1v) is 12.0. The Hall–Kier alpha value is -0.963. The van der Waals surface area contributed by atoms with Crippen LogP contribution in [-0.2, 0) is 10.2 Å². The molecule has 100 valence electrons. The zero-order valence-electron chi connectivity index (χ0n) is 9.79. The average molecular weight is 386 g/mol. The summed E-state index contributed by atoms with van der Waals surface area (Å²) in [5.41, 5.74) is 0. The van der Waals surface area contributed by atoms with Gasteiger partial charge in [0, 0.05) is 0 Å². The van der Waals surface area contributed by atoms with Gasteiger partial charge in [-0.25, -0.2) is 0 Å². The Morgan fingerprint density at radius 1 is 0.684 bits per heavy atom. The van der Waals surface area contributed by atoms with Gasteiger partial charge in [0.25, 0.3) is 0 Å². The Bertz CT molecular complexity index is 584. The Labute approximate surface area is 116 Å². The molecule has 0 amide bonds. The van der Waals surface area contributed by atoms with Crippen LogP contribution >= 0.6 is 0 Å². The van der Waals surface area contributed by atoms with Crippen molar-refractivity contribution in [2.75, 3.05) is 0 Å². The van der Waals surface area contributed by atoms with Gasteiger partial charge in [0.15, 0.2) is 0 Å². The van der Waals surface area contributed by atoms with Crippen molar-refractivity contribution in [3.8, 4) is 0 Å². The maximum absolute atomic E-state index is 12.1. The van der Waals surface area contributed by atoms with E-state index in [-0.39, 0.29) is 8.70 Å². The molecule has 0 fully saturated rings. The molecule has 19 heavy (non-hydrogen) atoms. The molecule has 0 saturated carbocycles. The third kappa shape index (κ3) is 3.53. The molecule has 0 unspecified atom stereocenters. The fraction of sp³-hybridized carbons (Fsp3) is 0. The second-order valence-corrected chi connectivity index (χ2v) is 12.5. The van der Waals surface area contributed by atoms with Crippen LogP contribution in [-0.4, -0.2) is 36.5 Å². The molecule has 2 aromatic rings. The van der Waals surface area contributed by atoms with Crippen molar-refractivity contribution >= 4 is 37.0 Å². The van der Waals surface area contributed by atoms with E-state index in [1.807, 2.05) is 0 Å². The van der Waals surface area contributed by atoms with Crippen LogP contribution in [0.2, 0.25) is 0 Å². The summed E-state index contributed by atoms with van der Waals surface area (Å²) >= 11 is -10.0. The van der Waals surface area contributed by atoms with Crippen molar-refractivity contribution in [1.29, 1.82) is 0 Å². The van der Waals surface area contributed by atoms with E-state index in [9.17, 15) is 15.7 Å². The minimum absolute atomic E-state index is 0.0484. The van der Waals surface area contributed by atoms with E-state index in [0.717, 1.165) is 0 Å². The van der Waals surface area contributed by atoms with E-state index < -0.39 is 28.3 Å². The van der Waals surface area contributed by atoms with Crippen molar-refractivity contribution in [2.45, 2.75) is 0 Å². The number of rotatable bonds is 4. The summed E-state index contributed by atoms with van der Waals surface area (Å²) in [6, 6.07) is 15.3. The van der Waals surface area contributed by atoms with Gasteiger partial charge in [-0.3, -0.25) is 0 Å². The predicted octanol–water partition coefficient (Wildman–Crippen LogP) is -0.459. The zero-order valence-corrected chi connectivity index (χ0v) is 13.5. The summed E-state index contributed by atoms with van der Waals surface area (Å²) in [5.74, 6) is 0. The number of hydrogen-bond donors (Lipinski definition) is 2. The quantitative estimate of drug-likeness (QED) is 0.696. The molecule has 0 spiro atoms. The molecule has 0 aliphatic rings. The van der Waals surface area contributed by atoms with Crippen LogP contribution in [0.4, 0.5) is 0 Å². The van der Waals surface area contributed by atoms with Crippen LogP contribution in [0.1, 0.15) is 0 Å². The molecule has 2 rings (SSSR count). The molecule has 2 N–H and O–H groups in total. The van der Waals surface area contributed by atoms with Gasteiger partial charge < -0.3 is 0 Å². The third-order valence-electron chi connectivity index (χ3n) is 2.39. The van der Waals surface area contributed by atoms with E-state index in [4.69, 9.17) is 2.72 Å². The summed E-state index contributed by atoms with van der Waals surface area (Å²) < 4.78 is 48.7. The molecule has 0 bridgehead atoms. The van der Waals surface area contributed by atoms with E-state index in [1.54, 1.807) is 36.4 Å². The van der Waals surface area contributed by atoms with Gasteiger partial charge in [0.2, 0.25) is 0 Å². The topological polar surface area (TPSA) is 83.8 Å². The fourth-order valence-electron chi connectivity index (χ4n) is 1.48. The van der Waals surface area contributed by atoms with E-state index in [1.165, 1.54) is 24.3 Å². The Morgan fingerprint density at radius 3 is 1.32 bits per heavy atom. The molecule has 0 atom stereocenters. The van der Waals surface area contributed by atoms with Crippen molar-refractivity contribution in [3.63, 3.8) is 0 Å². The standard InChI is InChI=1S/C12H12As2O5/c15-13(16,11-7-3-1-4-8-11)19-14(17,18)12-9-5-2-6-10-12/h1-10H,(H,15,16)(H,17,18). The molecule has 0 aromatic heterocycles. The van der Waals surface area contributed by atoms with Crippen LogP contribution in [0, 0.1) is 0 Å². The summed E-state index contributed by atoms with van der Waals surface area (Å²) in [6.07, 6.45) is 0. The first-order chi connectivity index (χ1) is 8.92. The Balaban J connectivity index is 2.31. The summed E-state index contributed by atoms with van der Waals surface area (Å²) in [6.45, 7) is 0. The van der Waals surface area contributed by atoms with Gasteiger partial charge in [-0.05, 0) is 0 Å². The van der Waals surface area contributed by atoms with Gasteiger partial charge in [0.05, 0.1) is 0 Å². The molecule has 2 aromatic carbocycles. The predicted molar refractivity (Wildman–Crippen MR) is 70.6 cm³/mol. The van der Waals surface area contributed by atoms with E-state index in [2.05, 4.69) is 0 Å². The molecule has 7 heteroatoms. The molecule has 0 aliphatic heterocycles. The van der Waals surface area contributed by atoms with Gasteiger partial charge >= 0.3 is 116 Å². The summed E-state index contributed by atoms with van der Waals surface area (Å²) in [7, 11) is 0. The van der Waals surface area contributed by atoms with Gasteiger partial charge in [-0.2, -0.15) is 0 Å². The van der Waals surface area contributed by atoms with Crippen molar-refractivity contribution in [1.82, 2.24) is 0 Å². The van der Waals surface area contributed by atoms with Gasteiger partial charge in [-0.15, -0.1) is 0 Å². The van der Waals surface area contributed by atoms with Crippen LogP contribution in [0.5, 0.6) is 0 Å². The molecule has 0 saturated heterocycles. The average Bonchev–Trinajstić information content (AvgIpc) is 2.40. The normalized spacial score (nSPS) is 17.4. The summed E-state index contributed by atoms with van der Waals surface area (Å²) in [4.78, 5) is 0. The van der Waals surface area contributed by atoms with Crippen molar-refractivity contribution in [2.24, 2.45) is 0 Å². The van der Waals surface area contributed by atoms with Gasteiger partial charge in [0.1, 0.15) is 0 Å². The van der Waals surface area contributed by atoms with E-state index >= 15 is 0 Å². The number of hydrogen-bond acceptors (Lipinski definition) is 3. The van der Waals surface area contributed by atoms with Crippen LogP contribution in [0.3, 0.4) is 0 Å². The molecule has 5 nitrogen and oxygen atoms in total. The molecule has 0 radical (unpaired) electrons. The fourth-order valence-corrected chi connectivity index (χ4v) is 10.1. The number of benzene rings is 2. The minimum atomic E-state index is -5.01. The molecular weight excluding hydrogens is 374 g/mol. The first kappa shape index (κ1) is 14.4. The third-order valence-corrected chi connectivity index (χ3v) is 12.1. The Morgan fingerprint density at radius 2 is 1.00 bits per heavy atom. The monoisotopic (exact) mass is 386 g/mol. The summed E-state index contributed by atoms with van der Waals surface area (Å²) in [5, 5.41) is 0. The van der Waals surface area contributed by atoms with Crippen LogP contribution in [0.15, 0.2) is 60.7 Å². The Kier molecular flexibility index (Phi) is 4.24. The zero-order chi connectivity index (χ0) is 13.9. The van der Waals surface area contributed by atoms with E-state index in [0.29, 0.717) is 0 Å². The molecule has 0 heterocycles. The second-order valence-electron chi connectivity index (χ2n) is 3.79. The molecule has 0 aliphatic carbocycles. The van der Waals surface area contributed by atoms with Crippen LogP contribution in [0.25, 0.3) is 0 Å². The van der Waals surface area contributed by atoms with Gasteiger partial charge in [-0.1, -0.05) is 0 Å². The van der Waals surface area contributed by atoms with Crippen molar-refractivity contribution in [3.05, 3.63) is 60.7 Å². The second kappa shape index (κ2) is 5.57. The van der Waals surface area contributed by atoms with Crippen molar-refractivity contribution < 1.29 is 18.4 Å². The molecular formula is C12H12As2O5. The SMILES string of the molecule is O=[As](O)(O[As](=O)(O)c1ccccc1)c1ccccc1.